The molecule has 0 aromatic carbocycles. The lowest BCUT2D eigenvalue weighted by molar-refractivity contribution is -0.149. The molecule has 0 aromatic heterocycles. The fourth-order valence-corrected chi connectivity index (χ4v) is 3.79. The molecule has 6 nitrogen and oxygen atoms in total. The maximum absolute atomic E-state index is 11.5. The monoisotopic (exact) mass is 455 g/mol. The minimum Gasteiger partial charge on any atom is -0.481 e. The van der Waals surface area contributed by atoms with Crippen molar-refractivity contribution in [1.82, 2.24) is 5.32 Å². The quantitative estimate of drug-likeness (QED) is 0.147. The summed E-state index contributed by atoms with van der Waals surface area (Å²) < 4.78 is 0. The van der Waals surface area contributed by atoms with Gasteiger partial charge in [-0.05, 0) is 67.2 Å². The van der Waals surface area contributed by atoms with E-state index in [9.17, 15) is 19.8 Å². The second-order valence-corrected chi connectivity index (χ2v) is 10.0. The molecule has 7 heteroatoms. The van der Waals surface area contributed by atoms with Gasteiger partial charge in [-0.15, -0.1) is 0 Å². The zero-order valence-electron chi connectivity index (χ0n) is 19.9. The van der Waals surface area contributed by atoms with Crippen molar-refractivity contribution >= 4 is 23.7 Å². The molecule has 0 bridgehead atoms. The molecule has 0 aliphatic carbocycles. The number of hydrogen-bond donors (Lipinski definition) is 4. The number of allylic oxidation sites excluding steroid dienone is 5. The average molecular weight is 456 g/mol. The van der Waals surface area contributed by atoms with Gasteiger partial charge in [-0.25, -0.2) is 0 Å². The molecule has 0 heterocycles. The number of aliphatic hydroxyl groups is 1. The van der Waals surface area contributed by atoms with Crippen LogP contribution in [0.2, 0.25) is 0 Å². The summed E-state index contributed by atoms with van der Waals surface area (Å²) in [7, 11) is 0. The molecule has 1 unspecified atom stereocenters. The van der Waals surface area contributed by atoms with E-state index in [2.05, 4.69) is 51.2 Å². The minimum absolute atomic E-state index is 0.0724. The first-order chi connectivity index (χ1) is 14.3. The lowest BCUT2D eigenvalue weighted by Gasteiger charge is -2.25. The van der Waals surface area contributed by atoms with Gasteiger partial charge in [-0.2, -0.15) is 11.8 Å². The summed E-state index contributed by atoms with van der Waals surface area (Å²) >= 11 is 1.47. The topological polar surface area (TPSA) is 107 Å². The first-order valence-corrected chi connectivity index (χ1v) is 11.9. The van der Waals surface area contributed by atoms with Crippen molar-refractivity contribution in [3.8, 4) is 0 Å². The lowest BCUT2D eigenvalue weighted by Crippen LogP contribution is -2.47. The van der Waals surface area contributed by atoms with Gasteiger partial charge in [-0.1, -0.05) is 34.9 Å². The Hall–Kier alpha value is -1.57. The normalized spacial score (nSPS) is 14.8. The van der Waals surface area contributed by atoms with Crippen LogP contribution in [0.1, 0.15) is 73.6 Å². The lowest BCUT2D eigenvalue weighted by atomic mass is 9.88. The van der Waals surface area contributed by atoms with E-state index < -0.39 is 29.6 Å². The maximum Gasteiger partial charge on any atom is 0.321 e. The van der Waals surface area contributed by atoms with Crippen molar-refractivity contribution in [2.75, 3.05) is 11.5 Å². The van der Waals surface area contributed by atoms with E-state index in [-0.39, 0.29) is 12.2 Å². The summed E-state index contributed by atoms with van der Waals surface area (Å²) in [6.07, 6.45) is 9.52. The molecule has 0 saturated heterocycles. The summed E-state index contributed by atoms with van der Waals surface area (Å²) in [5.74, 6) is -1.12. The molecule has 4 N–H and O–H groups in total. The second kappa shape index (κ2) is 15.3. The minimum atomic E-state index is -1.20. The molecular weight excluding hydrogens is 414 g/mol. The van der Waals surface area contributed by atoms with E-state index in [4.69, 9.17) is 5.11 Å². The summed E-state index contributed by atoms with van der Waals surface area (Å²) in [4.78, 5) is 22.6. The van der Waals surface area contributed by atoms with Crippen LogP contribution in [0.4, 0.5) is 0 Å². The Morgan fingerprint density at radius 1 is 0.968 bits per heavy atom. The standard InChI is InChI=1S/C24H41NO5S/c1-17(2)9-7-10-18(3)11-8-12-19(4)13-14-31-16-20(22(27)28)25-21(26)15-24(5,6)23(29)30/h9,11,13,20-21,25-26H,7-8,10,12,14-16H2,1-6H3,(H,27,28)(H,29,30)/b18-11+,19-13+/t20-,21?/m0/s1. The summed E-state index contributed by atoms with van der Waals surface area (Å²) in [6.45, 7) is 11.5. The molecule has 31 heavy (non-hydrogen) atoms. The molecule has 178 valence electrons. The van der Waals surface area contributed by atoms with Crippen LogP contribution < -0.4 is 5.32 Å². The van der Waals surface area contributed by atoms with Crippen LogP contribution in [-0.4, -0.2) is 51.0 Å². The molecule has 0 fully saturated rings. The Balaban J connectivity index is 4.36. The molecule has 0 aliphatic heterocycles. The number of nitrogens with one attached hydrogen (secondary N) is 1. The summed E-state index contributed by atoms with van der Waals surface area (Å²) in [5, 5.41) is 31.2. The maximum atomic E-state index is 11.5. The molecule has 0 saturated carbocycles. The highest BCUT2D eigenvalue weighted by Crippen LogP contribution is 2.22. The number of hydrogen-bond acceptors (Lipinski definition) is 5. The van der Waals surface area contributed by atoms with Gasteiger partial charge < -0.3 is 15.3 Å². The van der Waals surface area contributed by atoms with Crippen molar-refractivity contribution in [3.05, 3.63) is 34.9 Å². The van der Waals surface area contributed by atoms with Crippen molar-refractivity contribution in [1.29, 1.82) is 0 Å². The highest BCUT2D eigenvalue weighted by molar-refractivity contribution is 7.99. The number of rotatable bonds is 16. The number of carboxylic acid groups (broad SMARTS) is 2. The Morgan fingerprint density at radius 3 is 2.03 bits per heavy atom. The van der Waals surface area contributed by atoms with Crippen LogP contribution in [-0.2, 0) is 9.59 Å². The van der Waals surface area contributed by atoms with Crippen LogP contribution >= 0.6 is 11.8 Å². The highest BCUT2D eigenvalue weighted by Gasteiger charge is 2.31. The zero-order valence-corrected chi connectivity index (χ0v) is 20.7. The Morgan fingerprint density at radius 2 is 1.52 bits per heavy atom. The Bertz CT molecular complexity index is 663. The van der Waals surface area contributed by atoms with Crippen molar-refractivity contribution in [2.24, 2.45) is 5.41 Å². The van der Waals surface area contributed by atoms with Crippen molar-refractivity contribution in [2.45, 2.75) is 85.9 Å². The predicted molar refractivity (Wildman–Crippen MR) is 129 cm³/mol. The van der Waals surface area contributed by atoms with E-state index in [1.807, 2.05) is 0 Å². The van der Waals surface area contributed by atoms with E-state index in [0.29, 0.717) is 5.75 Å². The van der Waals surface area contributed by atoms with E-state index >= 15 is 0 Å². The average Bonchev–Trinajstić information content (AvgIpc) is 2.63. The molecule has 0 amide bonds. The summed E-state index contributed by atoms with van der Waals surface area (Å²) in [6, 6.07) is -0.940. The Kier molecular flexibility index (Phi) is 14.5. The van der Waals surface area contributed by atoms with Gasteiger partial charge in [0.05, 0.1) is 5.41 Å². The van der Waals surface area contributed by atoms with Crippen LogP contribution in [0.5, 0.6) is 0 Å². The van der Waals surface area contributed by atoms with Crippen LogP contribution in [0.15, 0.2) is 34.9 Å². The highest BCUT2D eigenvalue weighted by atomic mass is 32.2. The fourth-order valence-electron chi connectivity index (χ4n) is 2.78. The molecule has 0 radical (unpaired) electrons. The van der Waals surface area contributed by atoms with Crippen LogP contribution in [0.25, 0.3) is 0 Å². The molecule has 0 aliphatic rings. The summed E-state index contributed by atoms with van der Waals surface area (Å²) in [5.41, 5.74) is 2.88. The third-order valence-corrected chi connectivity index (χ3v) is 5.90. The zero-order chi connectivity index (χ0) is 24.0. The van der Waals surface area contributed by atoms with Gasteiger partial charge in [0.15, 0.2) is 0 Å². The molecule has 0 aromatic rings. The SMILES string of the molecule is CC(C)=CCC/C(C)=C/CC/C(C)=C/CSC[C@H](NC(O)CC(C)(C)C(=O)O)C(=O)O. The third kappa shape index (κ3) is 15.0. The van der Waals surface area contributed by atoms with Crippen molar-refractivity contribution in [3.63, 3.8) is 0 Å². The van der Waals surface area contributed by atoms with Gasteiger partial charge >= 0.3 is 11.9 Å². The van der Waals surface area contributed by atoms with Gasteiger partial charge in [0.1, 0.15) is 12.3 Å². The van der Waals surface area contributed by atoms with Gasteiger partial charge in [0.2, 0.25) is 0 Å². The van der Waals surface area contributed by atoms with E-state index in [0.717, 1.165) is 25.7 Å². The second-order valence-electron chi connectivity index (χ2n) is 8.96. The van der Waals surface area contributed by atoms with Gasteiger partial charge in [0, 0.05) is 17.9 Å². The van der Waals surface area contributed by atoms with E-state index in [1.54, 1.807) is 0 Å². The Labute approximate surface area is 191 Å². The van der Waals surface area contributed by atoms with E-state index in [1.165, 1.54) is 42.3 Å². The first-order valence-electron chi connectivity index (χ1n) is 10.8. The predicted octanol–water partition coefficient (Wildman–Crippen LogP) is 5.00. The number of thioether (sulfide) groups is 1. The largest absolute Gasteiger partial charge is 0.481 e. The molecule has 0 rings (SSSR count). The molecule has 0 spiro atoms. The van der Waals surface area contributed by atoms with Gasteiger partial charge in [0.25, 0.3) is 0 Å². The number of carbonyl (C=O) groups is 2. The van der Waals surface area contributed by atoms with Crippen LogP contribution in [0, 0.1) is 5.41 Å². The van der Waals surface area contributed by atoms with Crippen molar-refractivity contribution < 1.29 is 24.9 Å². The molecule has 2 atom stereocenters. The number of aliphatic hydroxyl groups excluding tert-OH is 1. The smallest absolute Gasteiger partial charge is 0.321 e. The van der Waals surface area contributed by atoms with Crippen LogP contribution in [0.3, 0.4) is 0 Å². The fraction of sp³-hybridized carbons (Fsp3) is 0.667. The number of carboxylic acids is 2. The van der Waals surface area contributed by atoms with Gasteiger partial charge in [-0.3, -0.25) is 14.9 Å². The first kappa shape index (κ1) is 29.4. The molecular formula is C24H41NO5S. The number of aliphatic carboxylic acids is 2. The third-order valence-electron chi connectivity index (χ3n) is 4.93.